The number of methoxy groups -OCH3 is 1. The second kappa shape index (κ2) is 9.55. The van der Waals surface area contributed by atoms with Gasteiger partial charge in [0.2, 0.25) is 5.91 Å². The molecule has 2 aromatic rings. The van der Waals surface area contributed by atoms with Gasteiger partial charge < -0.3 is 15.4 Å². The third-order valence-corrected chi connectivity index (χ3v) is 4.79. The van der Waals surface area contributed by atoms with E-state index in [0.717, 1.165) is 10.0 Å². The first-order valence-corrected chi connectivity index (χ1v) is 9.62. The van der Waals surface area contributed by atoms with Crippen LogP contribution in [0.3, 0.4) is 0 Å². The van der Waals surface area contributed by atoms with E-state index in [1.165, 1.54) is 7.11 Å². The van der Waals surface area contributed by atoms with Gasteiger partial charge in [0.05, 0.1) is 18.7 Å². The first kappa shape index (κ1) is 21.0. The van der Waals surface area contributed by atoms with Crippen LogP contribution in [0.25, 0.3) is 0 Å². The molecule has 2 rings (SSSR count). The molecule has 2 N–H and O–H groups in total. The van der Waals surface area contributed by atoms with Gasteiger partial charge in [-0.15, -0.1) is 0 Å². The van der Waals surface area contributed by atoms with Crippen molar-refractivity contribution >= 4 is 27.7 Å². The van der Waals surface area contributed by atoms with Gasteiger partial charge in [-0.25, -0.2) is 0 Å². The minimum atomic E-state index is -0.656. The molecule has 0 radical (unpaired) electrons. The van der Waals surface area contributed by atoms with Gasteiger partial charge in [-0.2, -0.15) is 0 Å². The maximum absolute atomic E-state index is 12.8. The average Bonchev–Trinajstić information content (AvgIpc) is 2.65. The predicted molar refractivity (Wildman–Crippen MR) is 110 cm³/mol. The molecular formula is C21H25BrN2O3. The average molecular weight is 433 g/mol. The summed E-state index contributed by atoms with van der Waals surface area (Å²) in [6.45, 7) is 5.71. The summed E-state index contributed by atoms with van der Waals surface area (Å²) in [5.41, 5.74) is 1.38. The van der Waals surface area contributed by atoms with Crippen LogP contribution in [0.5, 0.6) is 5.75 Å². The quantitative estimate of drug-likeness (QED) is 0.691. The molecule has 0 aliphatic carbocycles. The highest BCUT2D eigenvalue weighted by Crippen LogP contribution is 2.20. The molecule has 27 heavy (non-hydrogen) atoms. The molecule has 0 saturated heterocycles. The van der Waals surface area contributed by atoms with Crippen molar-refractivity contribution in [1.82, 2.24) is 10.6 Å². The highest BCUT2D eigenvalue weighted by molar-refractivity contribution is 9.10. The lowest BCUT2D eigenvalue weighted by molar-refractivity contribution is -0.124. The van der Waals surface area contributed by atoms with Crippen molar-refractivity contribution in [2.75, 3.05) is 7.11 Å². The maximum Gasteiger partial charge on any atom is 0.255 e. The van der Waals surface area contributed by atoms with Gasteiger partial charge in [0, 0.05) is 4.47 Å². The molecule has 144 valence electrons. The molecule has 2 atom stereocenters. The van der Waals surface area contributed by atoms with Crippen molar-refractivity contribution in [3.63, 3.8) is 0 Å². The van der Waals surface area contributed by atoms with Gasteiger partial charge in [0.15, 0.2) is 0 Å². The van der Waals surface area contributed by atoms with Crippen molar-refractivity contribution in [3.05, 3.63) is 64.1 Å². The molecule has 0 bridgehead atoms. The molecule has 0 aliphatic rings. The van der Waals surface area contributed by atoms with E-state index < -0.39 is 6.04 Å². The third-order valence-electron chi connectivity index (χ3n) is 4.29. The number of nitrogens with one attached hydrogen (secondary N) is 2. The van der Waals surface area contributed by atoms with Crippen LogP contribution in [0.15, 0.2) is 53.0 Å². The topological polar surface area (TPSA) is 67.4 Å². The van der Waals surface area contributed by atoms with Gasteiger partial charge in [0.25, 0.3) is 5.91 Å². The Kier molecular flexibility index (Phi) is 7.42. The van der Waals surface area contributed by atoms with Crippen molar-refractivity contribution < 1.29 is 14.3 Å². The first-order chi connectivity index (χ1) is 12.8. The van der Waals surface area contributed by atoms with Crippen LogP contribution in [-0.4, -0.2) is 25.0 Å². The number of amides is 2. The maximum atomic E-state index is 12.8. The lowest BCUT2D eigenvalue weighted by Crippen LogP contribution is -2.50. The van der Waals surface area contributed by atoms with Crippen LogP contribution < -0.4 is 15.4 Å². The van der Waals surface area contributed by atoms with Gasteiger partial charge in [-0.1, -0.05) is 54.0 Å². The molecule has 2 unspecified atom stereocenters. The molecule has 0 aliphatic heterocycles. The number of hydrogen-bond acceptors (Lipinski definition) is 3. The van der Waals surface area contributed by atoms with E-state index in [1.807, 2.05) is 45.0 Å². The first-order valence-electron chi connectivity index (χ1n) is 8.83. The van der Waals surface area contributed by atoms with Crippen molar-refractivity contribution in [3.8, 4) is 5.75 Å². The Balaban J connectivity index is 2.12. The largest absolute Gasteiger partial charge is 0.496 e. The minimum Gasteiger partial charge on any atom is -0.496 e. The monoisotopic (exact) mass is 432 g/mol. The molecular weight excluding hydrogens is 408 g/mol. The fourth-order valence-electron chi connectivity index (χ4n) is 2.75. The molecule has 2 amide bonds. The fourth-order valence-corrected chi connectivity index (χ4v) is 3.17. The van der Waals surface area contributed by atoms with Crippen LogP contribution in [-0.2, 0) is 4.79 Å². The number of ether oxygens (including phenoxy) is 1. The molecule has 0 spiro atoms. The lowest BCUT2D eigenvalue weighted by atomic mass is 10.0. The second-order valence-corrected chi connectivity index (χ2v) is 7.60. The van der Waals surface area contributed by atoms with Crippen LogP contribution in [0.4, 0.5) is 0 Å². The standard InChI is InChI=1S/C21H25BrN2O3/c1-13(2)19(24-20(25)17-10-5-6-11-18(17)27-4)21(26)23-14(3)15-8-7-9-16(22)12-15/h5-14,19H,1-4H3,(H,23,26)(H,24,25). The molecule has 6 heteroatoms. The number of carbonyl (C=O) groups is 2. The molecule has 5 nitrogen and oxygen atoms in total. The summed E-state index contributed by atoms with van der Waals surface area (Å²) in [7, 11) is 1.51. The van der Waals surface area contributed by atoms with Crippen molar-refractivity contribution in [2.24, 2.45) is 5.92 Å². The normalized spacial score (nSPS) is 13.0. The Labute approximate surface area is 168 Å². The van der Waals surface area contributed by atoms with E-state index in [2.05, 4.69) is 26.6 Å². The smallest absolute Gasteiger partial charge is 0.255 e. The van der Waals surface area contributed by atoms with Crippen molar-refractivity contribution in [2.45, 2.75) is 32.9 Å². The Morgan fingerprint density at radius 1 is 1.00 bits per heavy atom. The molecule has 0 saturated carbocycles. The Bertz CT molecular complexity index is 808. The summed E-state index contributed by atoms with van der Waals surface area (Å²) >= 11 is 3.44. The summed E-state index contributed by atoms with van der Waals surface area (Å²) in [4.78, 5) is 25.5. The lowest BCUT2D eigenvalue weighted by Gasteiger charge is -2.24. The van der Waals surface area contributed by atoms with E-state index in [1.54, 1.807) is 24.3 Å². The van der Waals surface area contributed by atoms with Gasteiger partial charge in [-0.3, -0.25) is 9.59 Å². The van der Waals surface area contributed by atoms with Gasteiger partial charge in [-0.05, 0) is 42.7 Å². The van der Waals surface area contributed by atoms with Crippen LogP contribution in [0.1, 0.15) is 42.7 Å². The Morgan fingerprint density at radius 2 is 1.70 bits per heavy atom. The van der Waals surface area contributed by atoms with Crippen molar-refractivity contribution in [1.29, 1.82) is 0 Å². The highest BCUT2D eigenvalue weighted by atomic mass is 79.9. The van der Waals surface area contributed by atoms with Crippen LogP contribution in [0, 0.1) is 5.92 Å². The van der Waals surface area contributed by atoms with E-state index >= 15 is 0 Å². The van der Waals surface area contributed by atoms with Gasteiger partial charge in [0.1, 0.15) is 11.8 Å². The molecule has 0 fully saturated rings. The number of hydrogen-bond donors (Lipinski definition) is 2. The summed E-state index contributed by atoms with van der Waals surface area (Å²) in [5.74, 6) is -0.157. The number of benzene rings is 2. The summed E-state index contributed by atoms with van der Waals surface area (Å²) in [6.07, 6.45) is 0. The fraction of sp³-hybridized carbons (Fsp3) is 0.333. The molecule has 0 aromatic heterocycles. The van der Waals surface area contributed by atoms with Crippen LogP contribution >= 0.6 is 15.9 Å². The number of rotatable bonds is 7. The zero-order valence-corrected chi connectivity index (χ0v) is 17.5. The summed E-state index contributed by atoms with van der Waals surface area (Å²) < 4.78 is 6.19. The van der Waals surface area contributed by atoms with Gasteiger partial charge >= 0.3 is 0 Å². The highest BCUT2D eigenvalue weighted by Gasteiger charge is 2.27. The van der Waals surface area contributed by atoms with Crippen LogP contribution in [0.2, 0.25) is 0 Å². The molecule has 0 heterocycles. The summed E-state index contributed by atoms with van der Waals surface area (Å²) in [5, 5.41) is 5.82. The van der Waals surface area contributed by atoms with E-state index in [0.29, 0.717) is 11.3 Å². The second-order valence-electron chi connectivity index (χ2n) is 6.68. The number of carbonyl (C=O) groups excluding carboxylic acids is 2. The Hall–Kier alpha value is -2.34. The SMILES string of the molecule is COc1ccccc1C(=O)NC(C(=O)NC(C)c1cccc(Br)c1)C(C)C. The zero-order chi connectivity index (χ0) is 20.0. The zero-order valence-electron chi connectivity index (χ0n) is 16.0. The Morgan fingerprint density at radius 3 is 2.33 bits per heavy atom. The number of para-hydroxylation sites is 1. The number of halogens is 1. The predicted octanol–water partition coefficient (Wildman–Crippen LogP) is 4.09. The third kappa shape index (κ3) is 5.57. The summed E-state index contributed by atoms with van der Waals surface area (Å²) in [6, 6.07) is 13.9. The van der Waals surface area contributed by atoms with E-state index in [-0.39, 0.29) is 23.8 Å². The minimum absolute atomic E-state index is 0.0710. The van der Waals surface area contributed by atoms with E-state index in [9.17, 15) is 9.59 Å². The molecule has 2 aromatic carbocycles. The van der Waals surface area contributed by atoms with E-state index in [4.69, 9.17) is 4.74 Å².